The predicted molar refractivity (Wildman–Crippen MR) is 139 cm³/mol. The summed E-state index contributed by atoms with van der Waals surface area (Å²) in [5.74, 6) is 1.31. The highest BCUT2D eigenvalue weighted by Gasteiger charge is 2.54. The van der Waals surface area contributed by atoms with Crippen LogP contribution in [0.25, 0.3) is 16.9 Å². The van der Waals surface area contributed by atoms with Crippen molar-refractivity contribution in [2.24, 2.45) is 5.41 Å². The van der Waals surface area contributed by atoms with Gasteiger partial charge in [0, 0.05) is 41.9 Å². The van der Waals surface area contributed by atoms with Crippen LogP contribution in [0.15, 0.2) is 36.5 Å². The molecule has 10 nitrogen and oxygen atoms in total. The minimum Gasteiger partial charge on any atom is -0.493 e. The third kappa shape index (κ3) is 4.16. The molecule has 200 valence electrons. The number of nitrogens with zero attached hydrogens (tertiary/aromatic N) is 4. The number of amides is 2. The fourth-order valence-electron chi connectivity index (χ4n) is 6.32. The number of hydrogen-bond acceptors (Lipinski definition) is 7. The Labute approximate surface area is 221 Å². The fourth-order valence-corrected chi connectivity index (χ4v) is 6.32. The van der Waals surface area contributed by atoms with E-state index in [1.54, 1.807) is 31.0 Å². The van der Waals surface area contributed by atoms with Crippen molar-refractivity contribution >= 4 is 17.5 Å². The maximum absolute atomic E-state index is 13.4. The molecular weight excluding hydrogens is 486 g/mol. The second-order valence-electron chi connectivity index (χ2n) is 10.6. The third-order valence-corrected chi connectivity index (χ3v) is 8.65. The lowest BCUT2D eigenvalue weighted by molar-refractivity contribution is -0.153. The van der Waals surface area contributed by atoms with Gasteiger partial charge in [-0.1, -0.05) is 0 Å². The molecule has 3 aliphatic carbocycles. The highest BCUT2D eigenvalue weighted by atomic mass is 16.5. The van der Waals surface area contributed by atoms with Gasteiger partial charge in [-0.05, 0) is 62.8 Å². The van der Waals surface area contributed by atoms with Crippen LogP contribution in [0.2, 0.25) is 0 Å². The maximum atomic E-state index is 13.4. The van der Waals surface area contributed by atoms with Crippen LogP contribution in [-0.2, 0) is 9.53 Å². The van der Waals surface area contributed by atoms with Crippen molar-refractivity contribution in [1.29, 1.82) is 0 Å². The van der Waals surface area contributed by atoms with Gasteiger partial charge < -0.3 is 24.4 Å². The number of rotatable bonds is 6. The molecule has 1 saturated heterocycles. The average Bonchev–Trinajstić information content (AvgIpc) is 3.43. The maximum Gasteiger partial charge on any atom is 0.272 e. The summed E-state index contributed by atoms with van der Waals surface area (Å²) in [4.78, 5) is 33.2. The summed E-state index contributed by atoms with van der Waals surface area (Å²) >= 11 is 0. The van der Waals surface area contributed by atoms with E-state index >= 15 is 0 Å². The summed E-state index contributed by atoms with van der Waals surface area (Å²) < 4.78 is 17.9. The molecule has 38 heavy (non-hydrogen) atoms. The standard InChI is InChI=1S/C28H33N5O5/c1-36-22-4-3-19(17-23(22)37-2)21-5-12-29-24-18-20(31-33(21)24)25(34)30-28-9-6-27(7-10-28,8-11-28)26(35)32-13-15-38-16-14-32/h3-5,12,17-18H,6-11,13-16H2,1-2H3,(H,30,34). The van der Waals surface area contributed by atoms with Gasteiger partial charge in [0.05, 0.1) is 33.1 Å². The van der Waals surface area contributed by atoms with Crippen LogP contribution < -0.4 is 14.8 Å². The SMILES string of the molecule is COc1ccc(-c2ccnc3cc(C(=O)NC45CCC(C(=O)N6CCOCC6)(CC4)CC5)nn23)cc1OC. The molecule has 3 heterocycles. The Morgan fingerprint density at radius 3 is 2.34 bits per heavy atom. The Hall–Kier alpha value is -3.66. The number of benzene rings is 1. The van der Waals surface area contributed by atoms with Crippen LogP contribution in [0, 0.1) is 5.41 Å². The molecule has 3 saturated carbocycles. The number of fused-ring (bicyclic) bond motifs is 4. The molecule has 2 bridgehead atoms. The second kappa shape index (κ2) is 9.58. The molecule has 10 heteroatoms. The molecule has 3 aromatic rings. The number of hydrogen-bond donors (Lipinski definition) is 1. The van der Waals surface area contributed by atoms with E-state index < -0.39 is 0 Å². The topological polar surface area (TPSA) is 107 Å². The number of aromatic nitrogens is 3. The Balaban J connectivity index is 1.19. The van der Waals surface area contributed by atoms with Crippen molar-refractivity contribution in [3.05, 3.63) is 42.2 Å². The van der Waals surface area contributed by atoms with Gasteiger partial charge in [-0.15, -0.1) is 0 Å². The number of nitrogens with one attached hydrogen (secondary N) is 1. The van der Waals surface area contributed by atoms with Crippen LogP contribution in [0.4, 0.5) is 0 Å². The van der Waals surface area contributed by atoms with E-state index in [9.17, 15) is 9.59 Å². The molecule has 0 radical (unpaired) electrons. The van der Waals surface area contributed by atoms with E-state index in [0.29, 0.717) is 49.1 Å². The smallest absolute Gasteiger partial charge is 0.272 e. The Morgan fingerprint density at radius 2 is 1.66 bits per heavy atom. The summed E-state index contributed by atoms with van der Waals surface area (Å²) in [6.45, 7) is 2.58. The molecular formula is C28H33N5O5. The summed E-state index contributed by atoms with van der Waals surface area (Å²) in [6.07, 6.45) is 6.53. The van der Waals surface area contributed by atoms with E-state index in [1.165, 1.54) is 0 Å². The van der Waals surface area contributed by atoms with Gasteiger partial charge >= 0.3 is 0 Å². The molecule has 1 aromatic carbocycles. The molecule has 2 amide bonds. The normalized spacial score (nSPS) is 24.8. The lowest BCUT2D eigenvalue weighted by Gasteiger charge is -2.53. The van der Waals surface area contributed by atoms with Gasteiger partial charge in [0.2, 0.25) is 5.91 Å². The second-order valence-corrected chi connectivity index (χ2v) is 10.6. The lowest BCUT2D eigenvalue weighted by atomic mass is 9.56. The Kier molecular flexibility index (Phi) is 6.22. The van der Waals surface area contributed by atoms with Crippen molar-refractivity contribution < 1.29 is 23.8 Å². The number of carbonyl (C=O) groups excluding carboxylic acids is 2. The number of carbonyl (C=O) groups is 2. The Morgan fingerprint density at radius 1 is 0.947 bits per heavy atom. The molecule has 1 N–H and O–H groups in total. The van der Waals surface area contributed by atoms with Crippen LogP contribution >= 0.6 is 0 Å². The first-order valence-electron chi connectivity index (χ1n) is 13.2. The zero-order valence-corrected chi connectivity index (χ0v) is 21.9. The molecule has 7 rings (SSSR count). The van der Waals surface area contributed by atoms with Gasteiger partial charge in [-0.25, -0.2) is 9.50 Å². The summed E-state index contributed by atoms with van der Waals surface area (Å²) in [7, 11) is 3.19. The van der Waals surface area contributed by atoms with E-state index in [-0.39, 0.29) is 22.8 Å². The fraction of sp³-hybridized carbons (Fsp3) is 0.500. The summed E-state index contributed by atoms with van der Waals surface area (Å²) in [6, 6.07) is 9.21. The molecule has 0 spiro atoms. The average molecular weight is 520 g/mol. The van der Waals surface area contributed by atoms with Crippen molar-refractivity contribution in [1.82, 2.24) is 24.8 Å². The van der Waals surface area contributed by atoms with E-state index in [1.807, 2.05) is 29.2 Å². The zero-order valence-electron chi connectivity index (χ0n) is 21.9. The monoisotopic (exact) mass is 519 g/mol. The minimum atomic E-state index is -0.292. The van der Waals surface area contributed by atoms with Crippen LogP contribution in [0.5, 0.6) is 11.5 Å². The van der Waals surface area contributed by atoms with Crippen LogP contribution in [-0.4, -0.2) is 77.4 Å². The zero-order chi connectivity index (χ0) is 26.3. The molecule has 0 atom stereocenters. The highest BCUT2D eigenvalue weighted by molar-refractivity contribution is 5.94. The van der Waals surface area contributed by atoms with Gasteiger partial charge in [0.15, 0.2) is 22.8 Å². The first-order valence-corrected chi connectivity index (χ1v) is 13.2. The van der Waals surface area contributed by atoms with Crippen LogP contribution in [0.1, 0.15) is 49.0 Å². The third-order valence-electron chi connectivity index (χ3n) is 8.65. The molecule has 4 aliphatic rings. The minimum absolute atomic E-state index is 0.206. The molecule has 4 fully saturated rings. The van der Waals surface area contributed by atoms with Crippen molar-refractivity contribution in [2.45, 2.75) is 44.1 Å². The van der Waals surface area contributed by atoms with E-state index in [4.69, 9.17) is 14.2 Å². The van der Waals surface area contributed by atoms with Gasteiger partial charge in [0.25, 0.3) is 5.91 Å². The van der Waals surface area contributed by atoms with Crippen molar-refractivity contribution in [2.75, 3.05) is 40.5 Å². The number of morpholine rings is 1. The van der Waals surface area contributed by atoms with Gasteiger partial charge in [0.1, 0.15) is 0 Å². The van der Waals surface area contributed by atoms with Crippen molar-refractivity contribution in [3.63, 3.8) is 0 Å². The number of methoxy groups -OCH3 is 2. The molecule has 2 aromatic heterocycles. The van der Waals surface area contributed by atoms with Gasteiger partial charge in [-0.3, -0.25) is 9.59 Å². The van der Waals surface area contributed by atoms with Crippen LogP contribution in [0.3, 0.4) is 0 Å². The molecule has 1 aliphatic heterocycles. The molecule has 0 unspecified atom stereocenters. The predicted octanol–water partition coefficient (Wildman–Crippen LogP) is 3.10. The largest absolute Gasteiger partial charge is 0.493 e. The highest BCUT2D eigenvalue weighted by Crippen LogP contribution is 2.53. The van der Waals surface area contributed by atoms with E-state index in [0.717, 1.165) is 49.8 Å². The van der Waals surface area contributed by atoms with Crippen molar-refractivity contribution in [3.8, 4) is 22.8 Å². The first kappa shape index (κ1) is 24.7. The van der Waals surface area contributed by atoms with Gasteiger partial charge in [-0.2, -0.15) is 5.10 Å². The Bertz CT molecular complexity index is 1350. The lowest BCUT2D eigenvalue weighted by Crippen LogP contribution is -2.60. The summed E-state index contributed by atoms with van der Waals surface area (Å²) in [5, 5.41) is 7.93. The first-order chi connectivity index (χ1) is 18.5. The quantitative estimate of drug-likeness (QED) is 0.533. The number of ether oxygens (including phenoxy) is 3. The summed E-state index contributed by atoms with van der Waals surface area (Å²) in [5.41, 5.74) is 1.98. The van der Waals surface area contributed by atoms with E-state index in [2.05, 4.69) is 15.4 Å².